The van der Waals surface area contributed by atoms with Crippen LogP contribution in [0, 0.1) is 6.92 Å². The molecule has 1 aromatic rings. The molecule has 2 rings (SSSR count). The Morgan fingerprint density at radius 3 is 2.22 bits per heavy atom. The van der Waals surface area contributed by atoms with Crippen molar-refractivity contribution >= 4 is 11.8 Å². The third-order valence-corrected chi connectivity index (χ3v) is 4.25. The molecule has 0 aromatic heterocycles. The number of aliphatic hydroxyl groups is 3. The monoisotopic (exact) mass is 270 g/mol. The van der Waals surface area contributed by atoms with Crippen LogP contribution in [0.3, 0.4) is 0 Å². The van der Waals surface area contributed by atoms with Gasteiger partial charge in [0.2, 0.25) is 0 Å². The highest BCUT2D eigenvalue weighted by molar-refractivity contribution is 7.99. The van der Waals surface area contributed by atoms with Crippen LogP contribution in [0.4, 0.5) is 0 Å². The first-order chi connectivity index (χ1) is 8.49. The van der Waals surface area contributed by atoms with Crippen molar-refractivity contribution in [3.8, 4) is 0 Å². The molecule has 1 aromatic carbocycles. The third kappa shape index (κ3) is 2.87. The maximum Gasteiger partial charge on any atom is 0.136 e. The summed E-state index contributed by atoms with van der Waals surface area (Å²) in [5.74, 6) is 0. The standard InChI is InChI=1S/C13H18O4S/c1-7-3-5-9(6-4-7)18-13-12(16)11(15)10(14)8(2)17-13/h3-6,8,10-16H,1-2H3/t8-,10+,11+,12-,13+/m0/s1. The zero-order chi connectivity index (χ0) is 13.3. The summed E-state index contributed by atoms with van der Waals surface area (Å²) in [5, 5.41) is 29.2. The fourth-order valence-electron chi connectivity index (χ4n) is 1.86. The number of benzene rings is 1. The van der Waals surface area contributed by atoms with E-state index in [1.54, 1.807) is 6.92 Å². The Morgan fingerprint density at radius 2 is 1.61 bits per heavy atom. The zero-order valence-electron chi connectivity index (χ0n) is 10.4. The van der Waals surface area contributed by atoms with E-state index in [1.165, 1.54) is 11.8 Å². The van der Waals surface area contributed by atoms with E-state index in [4.69, 9.17) is 4.74 Å². The summed E-state index contributed by atoms with van der Waals surface area (Å²) in [6.45, 7) is 3.69. The molecule has 5 atom stereocenters. The van der Waals surface area contributed by atoms with Crippen LogP contribution in [-0.4, -0.2) is 45.2 Å². The van der Waals surface area contributed by atoms with Gasteiger partial charge in [0.15, 0.2) is 0 Å². The molecule has 0 unspecified atom stereocenters. The molecule has 4 nitrogen and oxygen atoms in total. The molecule has 1 saturated heterocycles. The summed E-state index contributed by atoms with van der Waals surface area (Å²) in [4.78, 5) is 0.959. The predicted octanol–water partition coefficient (Wildman–Crippen LogP) is 0.915. The van der Waals surface area contributed by atoms with Gasteiger partial charge in [0.05, 0.1) is 6.10 Å². The van der Waals surface area contributed by atoms with Crippen molar-refractivity contribution in [3.63, 3.8) is 0 Å². The predicted molar refractivity (Wildman–Crippen MR) is 69.4 cm³/mol. The lowest BCUT2D eigenvalue weighted by molar-refractivity contribution is -0.192. The minimum Gasteiger partial charge on any atom is -0.388 e. The quantitative estimate of drug-likeness (QED) is 0.745. The van der Waals surface area contributed by atoms with Gasteiger partial charge in [-0.2, -0.15) is 0 Å². The van der Waals surface area contributed by atoms with Crippen LogP contribution < -0.4 is 0 Å². The molecule has 1 aliphatic rings. The van der Waals surface area contributed by atoms with Gasteiger partial charge < -0.3 is 20.1 Å². The summed E-state index contributed by atoms with van der Waals surface area (Å²) in [6.07, 6.45) is -3.81. The number of ether oxygens (including phenoxy) is 1. The van der Waals surface area contributed by atoms with Gasteiger partial charge in [0.1, 0.15) is 23.7 Å². The second-order valence-electron chi connectivity index (χ2n) is 4.61. The largest absolute Gasteiger partial charge is 0.388 e. The smallest absolute Gasteiger partial charge is 0.136 e. The molecule has 0 bridgehead atoms. The van der Waals surface area contributed by atoms with Gasteiger partial charge in [-0.05, 0) is 26.0 Å². The van der Waals surface area contributed by atoms with Crippen LogP contribution in [0.15, 0.2) is 29.2 Å². The number of hydrogen-bond acceptors (Lipinski definition) is 5. The molecule has 1 heterocycles. The van der Waals surface area contributed by atoms with Crippen LogP contribution in [0.1, 0.15) is 12.5 Å². The molecule has 3 N–H and O–H groups in total. The molecule has 0 spiro atoms. The Balaban J connectivity index is 2.06. The van der Waals surface area contributed by atoms with Crippen molar-refractivity contribution in [1.82, 2.24) is 0 Å². The van der Waals surface area contributed by atoms with Crippen LogP contribution in [-0.2, 0) is 4.74 Å². The molecular weight excluding hydrogens is 252 g/mol. The third-order valence-electron chi connectivity index (χ3n) is 3.08. The Bertz CT molecular complexity index is 394. The summed E-state index contributed by atoms with van der Waals surface area (Å²) >= 11 is 1.35. The summed E-state index contributed by atoms with van der Waals surface area (Å²) in [6, 6.07) is 7.84. The van der Waals surface area contributed by atoms with E-state index in [-0.39, 0.29) is 0 Å². The lowest BCUT2D eigenvalue weighted by Gasteiger charge is -2.38. The van der Waals surface area contributed by atoms with Crippen molar-refractivity contribution < 1.29 is 20.1 Å². The van der Waals surface area contributed by atoms with Crippen LogP contribution in [0.2, 0.25) is 0 Å². The second-order valence-corrected chi connectivity index (χ2v) is 5.78. The highest BCUT2D eigenvalue weighted by Crippen LogP contribution is 2.33. The fourth-order valence-corrected chi connectivity index (χ4v) is 2.95. The van der Waals surface area contributed by atoms with Crippen molar-refractivity contribution in [3.05, 3.63) is 29.8 Å². The SMILES string of the molecule is Cc1ccc(S[C@H]2O[C@@H](C)[C@@H](O)[C@@H](O)[C@@H]2O)cc1. The maximum atomic E-state index is 9.89. The lowest BCUT2D eigenvalue weighted by Crippen LogP contribution is -2.55. The van der Waals surface area contributed by atoms with Crippen LogP contribution in [0.25, 0.3) is 0 Å². The minimum atomic E-state index is -1.17. The molecule has 1 aliphatic heterocycles. The summed E-state index contributed by atoms with van der Waals surface area (Å²) in [5.41, 5.74) is 0.592. The highest BCUT2D eigenvalue weighted by atomic mass is 32.2. The first kappa shape index (κ1) is 13.8. The molecule has 0 radical (unpaired) electrons. The maximum absolute atomic E-state index is 9.89. The molecule has 0 aliphatic carbocycles. The fraction of sp³-hybridized carbons (Fsp3) is 0.538. The minimum absolute atomic E-state index is 0.494. The van der Waals surface area contributed by atoms with E-state index >= 15 is 0 Å². The van der Waals surface area contributed by atoms with Crippen molar-refractivity contribution in [2.45, 2.75) is 48.6 Å². The highest BCUT2D eigenvalue weighted by Gasteiger charge is 2.42. The zero-order valence-corrected chi connectivity index (χ0v) is 11.2. The topological polar surface area (TPSA) is 69.9 Å². The Labute approximate surface area is 111 Å². The van der Waals surface area contributed by atoms with E-state index in [0.29, 0.717) is 0 Å². The van der Waals surface area contributed by atoms with E-state index in [9.17, 15) is 15.3 Å². The van der Waals surface area contributed by atoms with E-state index in [1.807, 2.05) is 31.2 Å². The number of rotatable bonds is 2. The van der Waals surface area contributed by atoms with Crippen molar-refractivity contribution in [1.29, 1.82) is 0 Å². The van der Waals surface area contributed by atoms with E-state index < -0.39 is 29.9 Å². The number of aryl methyl sites for hydroxylation is 1. The molecule has 100 valence electrons. The lowest BCUT2D eigenvalue weighted by atomic mass is 10.0. The molecular formula is C13H18O4S. The normalized spacial score (nSPS) is 36.6. The van der Waals surface area contributed by atoms with Gasteiger partial charge in [-0.15, -0.1) is 0 Å². The van der Waals surface area contributed by atoms with Crippen LogP contribution >= 0.6 is 11.8 Å². The Kier molecular flexibility index (Phi) is 4.29. The number of hydrogen-bond donors (Lipinski definition) is 3. The molecule has 1 fully saturated rings. The molecule has 5 heteroatoms. The summed E-state index contributed by atoms with van der Waals surface area (Å²) < 4.78 is 5.52. The average molecular weight is 270 g/mol. The molecule has 0 saturated carbocycles. The number of thioether (sulfide) groups is 1. The van der Waals surface area contributed by atoms with Gasteiger partial charge in [-0.25, -0.2) is 0 Å². The van der Waals surface area contributed by atoms with Gasteiger partial charge in [0.25, 0.3) is 0 Å². The first-order valence-corrected chi connectivity index (χ1v) is 6.80. The van der Waals surface area contributed by atoms with E-state index in [2.05, 4.69) is 0 Å². The molecule has 0 amide bonds. The van der Waals surface area contributed by atoms with E-state index in [0.717, 1.165) is 10.5 Å². The van der Waals surface area contributed by atoms with Crippen molar-refractivity contribution in [2.24, 2.45) is 0 Å². The van der Waals surface area contributed by atoms with Gasteiger partial charge in [-0.1, -0.05) is 29.5 Å². The first-order valence-electron chi connectivity index (χ1n) is 5.92. The average Bonchev–Trinajstić information content (AvgIpc) is 2.36. The molecule has 18 heavy (non-hydrogen) atoms. The Hall–Kier alpha value is -0.590. The number of aliphatic hydroxyl groups excluding tert-OH is 3. The van der Waals surface area contributed by atoms with Gasteiger partial charge >= 0.3 is 0 Å². The van der Waals surface area contributed by atoms with Crippen molar-refractivity contribution in [2.75, 3.05) is 0 Å². The Morgan fingerprint density at radius 1 is 1.00 bits per heavy atom. The van der Waals surface area contributed by atoms with Gasteiger partial charge in [0, 0.05) is 4.90 Å². The summed E-state index contributed by atoms with van der Waals surface area (Å²) in [7, 11) is 0. The second kappa shape index (κ2) is 5.59. The van der Waals surface area contributed by atoms with Crippen LogP contribution in [0.5, 0.6) is 0 Å². The van der Waals surface area contributed by atoms with Gasteiger partial charge in [-0.3, -0.25) is 0 Å².